The van der Waals surface area contributed by atoms with Crippen LogP contribution in [-0.2, 0) is 9.59 Å². The van der Waals surface area contributed by atoms with Gasteiger partial charge < -0.3 is 20.3 Å². The summed E-state index contributed by atoms with van der Waals surface area (Å²) in [7, 11) is 1.53. The molecule has 0 bridgehead atoms. The van der Waals surface area contributed by atoms with E-state index in [1.165, 1.54) is 25.2 Å². The predicted molar refractivity (Wildman–Crippen MR) is 97.2 cm³/mol. The van der Waals surface area contributed by atoms with Crippen molar-refractivity contribution in [2.24, 2.45) is 0 Å². The van der Waals surface area contributed by atoms with E-state index in [0.717, 1.165) is 5.69 Å². The summed E-state index contributed by atoms with van der Waals surface area (Å²) in [5, 5.41) is 5.15. The highest BCUT2D eigenvalue weighted by molar-refractivity contribution is 6.31. The second-order valence-corrected chi connectivity index (χ2v) is 6.15. The topological polar surface area (TPSA) is 70.7 Å². The Bertz CT molecular complexity index is 846. The molecule has 2 aromatic carbocycles. The minimum absolute atomic E-state index is 0.00284. The first-order valence-corrected chi connectivity index (χ1v) is 8.33. The number of benzene rings is 2. The molecule has 0 aliphatic carbocycles. The minimum Gasteiger partial charge on any atom is -0.477 e. The molecule has 26 heavy (non-hydrogen) atoms. The third-order valence-electron chi connectivity index (χ3n) is 3.94. The number of nitrogens with one attached hydrogen (secondary N) is 2. The van der Waals surface area contributed by atoms with Gasteiger partial charge in [0, 0.05) is 12.7 Å². The highest BCUT2D eigenvalue weighted by Gasteiger charge is 2.31. The van der Waals surface area contributed by atoms with Crippen LogP contribution in [0.3, 0.4) is 0 Å². The molecule has 1 aliphatic heterocycles. The standard InChI is InChI=1S/C18H17ClFN3O3/c1-21-18(25)16-9-23(14-4-2-3-5-15(14)26-16)10-17(24)22-11-6-7-13(20)12(19)8-11/h2-8,16H,9-10H2,1H3,(H,21,25)(H,22,24)/t16-/m1/s1. The van der Waals surface area contributed by atoms with Crippen LogP contribution in [-0.4, -0.2) is 38.1 Å². The lowest BCUT2D eigenvalue weighted by atomic mass is 10.1. The van der Waals surface area contributed by atoms with Gasteiger partial charge in [0.1, 0.15) is 11.6 Å². The van der Waals surface area contributed by atoms with E-state index in [2.05, 4.69) is 10.6 Å². The van der Waals surface area contributed by atoms with Gasteiger partial charge in [-0.3, -0.25) is 9.59 Å². The number of hydrogen-bond donors (Lipinski definition) is 2. The molecule has 8 heteroatoms. The molecule has 1 heterocycles. The Balaban J connectivity index is 1.75. The summed E-state index contributed by atoms with van der Waals surface area (Å²) in [5.74, 6) is -0.611. The molecule has 1 aliphatic rings. The number of fused-ring (bicyclic) bond motifs is 1. The molecular formula is C18H17ClFN3O3. The number of hydrogen-bond acceptors (Lipinski definition) is 4. The van der Waals surface area contributed by atoms with Gasteiger partial charge in [0.15, 0.2) is 6.10 Å². The van der Waals surface area contributed by atoms with Gasteiger partial charge in [-0.2, -0.15) is 0 Å². The largest absolute Gasteiger partial charge is 0.477 e. The highest BCUT2D eigenvalue weighted by atomic mass is 35.5. The van der Waals surface area contributed by atoms with E-state index in [4.69, 9.17) is 16.3 Å². The number of carbonyl (C=O) groups is 2. The molecule has 136 valence electrons. The summed E-state index contributed by atoms with van der Waals surface area (Å²) in [6.45, 7) is 0.233. The Labute approximate surface area is 154 Å². The number of anilines is 2. The first kappa shape index (κ1) is 18.0. The van der Waals surface area contributed by atoms with Crippen molar-refractivity contribution >= 4 is 34.8 Å². The Kier molecular flexibility index (Phi) is 5.27. The number of amides is 2. The van der Waals surface area contributed by atoms with E-state index >= 15 is 0 Å². The molecule has 1 atom stereocenters. The van der Waals surface area contributed by atoms with E-state index < -0.39 is 11.9 Å². The summed E-state index contributed by atoms with van der Waals surface area (Å²) >= 11 is 5.73. The maximum absolute atomic E-state index is 13.2. The molecule has 2 amide bonds. The molecule has 0 saturated heterocycles. The van der Waals surface area contributed by atoms with Crippen LogP contribution >= 0.6 is 11.6 Å². The maximum atomic E-state index is 13.2. The van der Waals surface area contributed by atoms with E-state index in [1.54, 1.807) is 17.0 Å². The lowest BCUT2D eigenvalue weighted by molar-refractivity contribution is -0.127. The molecule has 0 saturated carbocycles. The summed E-state index contributed by atoms with van der Waals surface area (Å²) in [6.07, 6.45) is -0.719. The minimum atomic E-state index is -0.719. The molecular weight excluding hydrogens is 361 g/mol. The van der Waals surface area contributed by atoms with Gasteiger partial charge in [0.25, 0.3) is 5.91 Å². The van der Waals surface area contributed by atoms with Crippen molar-refractivity contribution in [2.45, 2.75) is 6.10 Å². The summed E-state index contributed by atoms with van der Waals surface area (Å²) < 4.78 is 18.9. The smallest absolute Gasteiger partial charge is 0.262 e. The number of rotatable bonds is 4. The Hall–Kier alpha value is -2.80. The Morgan fingerprint density at radius 1 is 1.31 bits per heavy atom. The normalized spacial score (nSPS) is 15.7. The second kappa shape index (κ2) is 7.61. The van der Waals surface area contributed by atoms with Crippen LogP contribution in [0, 0.1) is 5.82 Å². The van der Waals surface area contributed by atoms with E-state index in [9.17, 15) is 14.0 Å². The number of ether oxygens (including phenoxy) is 1. The van der Waals surface area contributed by atoms with Gasteiger partial charge in [0.2, 0.25) is 5.91 Å². The van der Waals surface area contributed by atoms with Crippen LogP contribution in [0.2, 0.25) is 5.02 Å². The number of para-hydroxylation sites is 2. The zero-order chi connectivity index (χ0) is 18.7. The molecule has 0 fully saturated rings. The third-order valence-corrected chi connectivity index (χ3v) is 4.23. The zero-order valence-electron chi connectivity index (χ0n) is 14.0. The molecule has 0 spiro atoms. The van der Waals surface area contributed by atoms with Crippen molar-refractivity contribution in [3.63, 3.8) is 0 Å². The van der Waals surface area contributed by atoms with Gasteiger partial charge in [-0.25, -0.2) is 4.39 Å². The SMILES string of the molecule is CNC(=O)[C@H]1CN(CC(=O)Nc2ccc(F)c(Cl)c2)c2ccccc2O1. The average molecular weight is 378 g/mol. The molecule has 6 nitrogen and oxygen atoms in total. The summed E-state index contributed by atoms with van der Waals surface area (Å²) in [6, 6.07) is 11.1. The van der Waals surface area contributed by atoms with Crippen molar-refractivity contribution in [3.05, 3.63) is 53.3 Å². The van der Waals surface area contributed by atoms with Gasteiger partial charge in [-0.1, -0.05) is 23.7 Å². The number of nitrogens with zero attached hydrogens (tertiary/aromatic N) is 1. The Morgan fingerprint density at radius 3 is 2.81 bits per heavy atom. The fraction of sp³-hybridized carbons (Fsp3) is 0.222. The van der Waals surface area contributed by atoms with Crippen molar-refractivity contribution in [1.82, 2.24) is 5.32 Å². The average Bonchev–Trinajstić information content (AvgIpc) is 2.64. The fourth-order valence-corrected chi connectivity index (χ4v) is 2.88. The molecule has 0 unspecified atom stereocenters. The van der Waals surface area contributed by atoms with Gasteiger partial charge in [-0.15, -0.1) is 0 Å². The third kappa shape index (κ3) is 3.88. The van der Waals surface area contributed by atoms with E-state index in [1.807, 2.05) is 12.1 Å². The van der Waals surface area contributed by atoms with Crippen LogP contribution in [0.1, 0.15) is 0 Å². The van der Waals surface area contributed by atoms with Crippen molar-refractivity contribution in [2.75, 3.05) is 30.4 Å². The van der Waals surface area contributed by atoms with Crippen LogP contribution in [0.25, 0.3) is 0 Å². The number of likely N-dealkylation sites (N-methyl/N-ethyl adjacent to an activating group) is 1. The lowest BCUT2D eigenvalue weighted by Gasteiger charge is -2.34. The molecule has 3 rings (SSSR count). The molecule has 0 aromatic heterocycles. The fourth-order valence-electron chi connectivity index (χ4n) is 2.70. The Morgan fingerprint density at radius 2 is 2.08 bits per heavy atom. The van der Waals surface area contributed by atoms with Gasteiger partial charge in [0.05, 0.1) is 23.8 Å². The maximum Gasteiger partial charge on any atom is 0.262 e. The molecule has 2 aromatic rings. The van der Waals surface area contributed by atoms with Crippen LogP contribution in [0.5, 0.6) is 5.75 Å². The van der Waals surface area contributed by atoms with Gasteiger partial charge in [-0.05, 0) is 30.3 Å². The summed E-state index contributed by atoms with van der Waals surface area (Å²) in [5.41, 5.74) is 1.12. The summed E-state index contributed by atoms with van der Waals surface area (Å²) in [4.78, 5) is 26.1. The predicted octanol–water partition coefficient (Wildman–Crippen LogP) is 2.43. The van der Waals surface area contributed by atoms with E-state index in [0.29, 0.717) is 11.4 Å². The monoisotopic (exact) mass is 377 g/mol. The van der Waals surface area contributed by atoms with Crippen LogP contribution < -0.4 is 20.3 Å². The zero-order valence-corrected chi connectivity index (χ0v) is 14.7. The van der Waals surface area contributed by atoms with E-state index in [-0.39, 0.29) is 29.9 Å². The number of halogens is 2. The first-order chi connectivity index (χ1) is 12.5. The van der Waals surface area contributed by atoms with Gasteiger partial charge >= 0.3 is 0 Å². The lowest BCUT2D eigenvalue weighted by Crippen LogP contribution is -2.50. The molecule has 0 radical (unpaired) electrons. The van der Waals surface area contributed by atoms with Crippen molar-refractivity contribution < 1.29 is 18.7 Å². The first-order valence-electron chi connectivity index (χ1n) is 7.95. The van der Waals surface area contributed by atoms with Crippen molar-refractivity contribution in [3.8, 4) is 5.75 Å². The number of carbonyl (C=O) groups excluding carboxylic acids is 2. The van der Waals surface area contributed by atoms with Crippen LogP contribution in [0.15, 0.2) is 42.5 Å². The second-order valence-electron chi connectivity index (χ2n) is 5.75. The highest BCUT2D eigenvalue weighted by Crippen LogP contribution is 2.33. The quantitative estimate of drug-likeness (QED) is 0.858. The van der Waals surface area contributed by atoms with Crippen molar-refractivity contribution in [1.29, 1.82) is 0 Å². The molecule has 2 N–H and O–H groups in total. The van der Waals surface area contributed by atoms with Crippen LogP contribution in [0.4, 0.5) is 15.8 Å².